The molecule has 11 heteroatoms. The molecule has 0 spiro atoms. The first kappa shape index (κ1) is 15.7. The quantitative estimate of drug-likeness (QED) is 0.571. The molecular weight excluding hydrogens is 267 g/mol. The zero-order chi connectivity index (χ0) is 13.0. The Balaban J connectivity index is 4.28. The number of halogens is 6. The summed E-state index contributed by atoms with van der Waals surface area (Å²) in [6, 6.07) is 0. The summed E-state index contributed by atoms with van der Waals surface area (Å²) in [4.78, 5) is 0. The lowest BCUT2D eigenvalue weighted by atomic mass is 10.7. The lowest BCUT2D eigenvalue weighted by molar-refractivity contribution is -0.164. The van der Waals surface area contributed by atoms with Gasteiger partial charge in [0.25, 0.3) is 0 Å². The zero-order valence-electron chi connectivity index (χ0n) is 7.80. The molecule has 0 unspecified atom stereocenters. The van der Waals surface area contributed by atoms with Crippen LogP contribution in [0.15, 0.2) is 0 Å². The van der Waals surface area contributed by atoms with Gasteiger partial charge in [-0.3, -0.25) is 4.57 Å². The molecule has 0 aliphatic carbocycles. The van der Waals surface area contributed by atoms with E-state index in [0.29, 0.717) is 0 Å². The molecule has 0 atom stereocenters. The third-order valence-electron chi connectivity index (χ3n) is 1.03. The van der Waals surface area contributed by atoms with E-state index >= 15 is 0 Å². The van der Waals surface area contributed by atoms with Crippen LogP contribution < -0.4 is 0 Å². The van der Waals surface area contributed by atoms with Crippen molar-refractivity contribution in [2.45, 2.75) is 12.4 Å². The number of rotatable bonds is 5. The minimum Gasteiger partial charge on any atom is -0.558 e. The molecule has 0 aromatic heterocycles. The van der Waals surface area contributed by atoms with Crippen LogP contribution in [0.4, 0.5) is 26.3 Å². The normalized spacial score (nSPS) is 14.2. The molecule has 0 radical (unpaired) electrons. The number of nitrogens with zero attached hydrogens (tertiary/aromatic N) is 1. The highest BCUT2D eigenvalue weighted by Gasteiger charge is 2.34. The van der Waals surface area contributed by atoms with Crippen LogP contribution in [-0.2, 0) is 13.6 Å². The van der Waals surface area contributed by atoms with Crippen LogP contribution >= 0.6 is 7.75 Å². The second-order valence-corrected chi connectivity index (χ2v) is 4.30. The van der Waals surface area contributed by atoms with Gasteiger partial charge in [0.15, 0.2) is 13.2 Å². The van der Waals surface area contributed by atoms with Crippen LogP contribution in [0.5, 0.6) is 0 Å². The van der Waals surface area contributed by atoms with Crippen LogP contribution in [0.1, 0.15) is 0 Å². The molecule has 16 heavy (non-hydrogen) atoms. The summed E-state index contributed by atoms with van der Waals surface area (Å²) >= 11 is 0. The fraction of sp³-hybridized carbons (Fsp3) is 1.00. The van der Waals surface area contributed by atoms with Gasteiger partial charge in [0.2, 0.25) is 7.75 Å². The molecule has 0 saturated heterocycles. The van der Waals surface area contributed by atoms with E-state index in [1.165, 1.54) is 0 Å². The molecule has 0 N–H and O–H groups in total. The first-order valence-electron chi connectivity index (χ1n) is 3.61. The largest absolute Gasteiger partial charge is 0.558 e. The summed E-state index contributed by atoms with van der Waals surface area (Å²) in [6.45, 7) is -4.00. The van der Waals surface area contributed by atoms with E-state index in [1.807, 2.05) is 0 Å². The van der Waals surface area contributed by atoms with Crippen molar-refractivity contribution in [2.24, 2.45) is 0 Å². The third-order valence-corrected chi connectivity index (χ3v) is 2.43. The lowest BCUT2D eigenvalue weighted by Gasteiger charge is -2.28. The highest BCUT2D eigenvalue weighted by molar-refractivity contribution is 7.56. The molecule has 98 valence electrons. The SMILES string of the molecule is C[N-]P(=O)(OCC(F)(F)F)OCC(F)(F)F. The fourth-order valence-electron chi connectivity index (χ4n) is 0.462. The maximum Gasteiger partial charge on any atom is 0.412 e. The molecule has 4 nitrogen and oxygen atoms in total. The molecular formula is C5H7F6NO3P-. The van der Waals surface area contributed by atoms with Gasteiger partial charge in [-0.2, -0.15) is 33.4 Å². The Morgan fingerprint density at radius 2 is 1.31 bits per heavy atom. The van der Waals surface area contributed by atoms with Crippen molar-refractivity contribution >= 4 is 7.75 Å². The van der Waals surface area contributed by atoms with Gasteiger partial charge in [-0.25, -0.2) is 0 Å². The van der Waals surface area contributed by atoms with E-state index in [4.69, 9.17) is 0 Å². The van der Waals surface area contributed by atoms with Crippen LogP contribution in [0.25, 0.3) is 5.09 Å². The van der Waals surface area contributed by atoms with Gasteiger partial charge in [0, 0.05) is 0 Å². The van der Waals surface area contributed by atoms with Gasteiger partial charge in [0.1, 0.15) is 0 Å². The van der Waals surface area contributed by atoms with E-state index in [1.54, 1.807) is 0 Å². The van der Waals surface area contributed by atoms with Crippen molar-refractivity contribution in [3.63, 3.8) is 0 Å². The number of hydrogen-bond donors (Lipinski definition) is 0. The fourth-order valence-corrected chi connectivity index (χ4v) is 1.39. The van der Waals surface area contributed by atoms with Gasteiger partial charge < -0.3 is 14.1 Å². The van der Waals surface area contributed by atoms with Crippen molar-refractivity contribution in [1.82, 2.24) is 0 Å². The molecule has 0 heterocycles. The van der Waals surface area contributed by atoms with Crippen LogP contribution in [-0.4, -0.2) is 32.6 Å². The Hall–Kier alpha value is -0.310. The molecule has 0 bridgehead atoms. The Bertz CT molecular complexity index is 242. The Labute approximate surface area is 86.5 Å². The van der Waals surface area contributed by atoms with Crippen LogP contribution in [0.3, 0.4) is 0 Å². The minimum atomic E-state index is -4.83. The van der Waals surface area contributed by atoms with E-state index < -0.39 is 33.3 Å². The highest BCUT2D eigenvalue weighted by atomic mass is 31.2. The van der Waals surface area contributed by atoms with Gasteiger partial charge in [-0.05, 0) is 0 Å². The molecule has 0 fully saturated rings. The van der Waals surface area contributed by atoms with Gasteiger partial charge >= 0.3 is 12.4 Å². The molecule has 0 rings (SSSR count). The standard InChI is InChI=1S/C5H7F6NO3P/c1-12-16(13,14-2-4(6,7)8)15-3-5(9,10)11/h2-3H2,1H3/q-1. The minimum absolute atomic E-state index is 0.730. The molecule has 0 aromatic rings. The molecule has 0 aromatic carbocycles. The molecule has 0 aliphatic rings. The first-order valence-corrected chi connectivity index (χ1v) is 5.11. The maximum absolute atomic E-state index is 11.6. The van der Waals surface area contributed by atoms with Crippen molar-refractivity contribution in [2.75, 3.05) is 20.3 Å². The van der Waals surface area contributed by atoms with Crippen molar-refractivity contribution in [1.29, 1.82) is 0 Å². The second-order valence-electron chi connectivity index (χ2n) is 2.45. The van der Waals surface area contributed by atoms with Crippen LogP contribution in [0, 0.1) is 0 Å². The van der Waals surface area contributed by atoms with Gasteiger partial charge in [0.05, 0.1) is 0 Å². The summed E-state index contributed by atoms with van der Waals surface area (Å²) in [5.74, 6) is 0. The van der Waals surface area contributed by atoms with Crippen LogP contribution in [0.2, 0.25) is 0 Å². The molecule has 0 aliphatic heterocycles. The Morgan fingerprint density at radius 3 is 1.50 bits per heavy atom. The monoisotopic (exact) mass is 274 g/mol. The van der Waals surface area contributed by atoms with E-state index in [2.05, 4.69) is 14.1 Å². The van der Waals surface area contributed by atoms with Crippen molar-refractivity contribution in [3.05, 3.63) is 5.09 Å². The van der Waals surface area contributed by atoms with E-state index in [0.717, 1.165) is 7.05 Å². The average molecular weight is 274 g/mol. The van der Waals surface area contributed by atoms with Gasteiger partial charge in [-0.15, -0.1) is 0 Å². The summed E-state index contributed by atoms with van der Waals surface area (Å²) in [6.07, 6.45) is -9.66. The maximum atomic E-state index is 11.6. The number of alkyl halides is 6. The average Bonchev–Trinajstić information content (AvgIpc) is 2.09. The van der Waals surface area contributed by atoms with Crippen molar-refractivity contribution in [3.8, 4) is 0 Å². The summed E-state index contributed by atoms with van der Waals surface area (Å²) in [7, 11) is -3.98. The lowest BCUT2D eigenvalue weighted by Crippen LogP contribution is -2.19. The molecule has 0 saturated carbocycles. The predicted octanol–water partition coefficient (Wildman–Crippen LogP) is 3.26. The highest BCUT2D eigenvalue weighted by Crippen LogP contribution is 2.54. The smallest absolute Gasteiger partial charge is 0.412 e. The summed E-state index contributed by atoms with van der Waals surface area (Å²) in [5, 5.41) is 2.74. The topological polar surface area (TPSA) is 49.6 Å². The number of hydrogen-bond acceptors (Lipinski definition) is 3. The van der Waals surface area contributed by atoms with E-state index in [-0.39, 0.29) is 0 Å². The molecule has 0 amide bonds. The van der Waals surface area contributed by atoms with E-state index in [9.17, 15) is 30.9 Å². The Kier molecular flexibility index (Phi) is 5.24. The van der Waals surface area contributed by atoms with Gasteiger partial charge in [-0.1, -0.05) is 0 Å². The summed E-state index contributed by atoms with van der Waals surface area (Å²) in [5.41, 5.74) is 0. The predicted molar refractivity (Wildman–Crippen MR) is 40.9 cm³/mol. The summed E-state index contributed by atoms with van der Waals surface area (Å²) < 4.78 is 88.2. The second kappa shape index (κ2) is 5.35. The zero-order valence-corrected chi connectivity index (χ0v) is 8.70. The Morgan fingerprint density at radius 1 is 1.00 bits per heavy atom. The van der Waals surface area contributed by atoms with Crippen molar-refractivity contribution < 1.29 is 40.0 Å². The third kappa shape index (κ3) is 7.91. The first-order chi connectivity index (χ1) is 6.97.